The second-order valence-electron chi connectivity index (χ2n) is 9.15. The summed E-state index contributed by atoms with van der Waals surface area (Å²) in [6.45, 7) is 6.02. The van der Waals surface area contributed by atoms with Crippen LogP contribution in [0, 0.1) is 5.92 Å². The summed E-state index contributed by atoms with van der Waals surface area (Å²) in [6.07, 6.45) is -0.129. The summed E-state index contributed by atoms with van der Waals surface area (Å²) in [5, 5.41) is 6.09. The van der Waals surface area contributed by atoms with E-state index in [9.17, 15) is 22.8 Å². The van der Waals surface area contributed by atoms with Crippen LogP contribution < -0.4 is 10.6 Å². The Balaban J connectivity index is 1.81. The van der Waals surface area contributed by atoms with Crippen molar-refractivity contribution in [3.05, 3.63) is 29.3 Å². The molecule has 1 saturated carbocycles. The number of methoxy groups -OCH3 is 1. The van der Waals surface area contributed by atoms with E-state index in [1.807, 2.05) is 20.8 Å². The number of carbonyl (C=O) groups excluding carboxylic acids is 2. The Morgan fingerprint density at radius 3 is 2.31 bits per heavy atom. The maximum Gasteiger partial charge on any atom is 0.418 e. The van der Waals surface area contributed by atoms with Crippen LogP contribution in [0.4, 0.5) is 18.9 Å². The molecule has 0 bridgehead atoms. The molecule has 2 N–H and O–H groups in total. The van der Waals surface area contributed by atoms with Gasteiger partial charge < -0.3 is 20.1 Å². The molecular weight excluding hydrogens is 425 g/mol. The summed E-state index contributed by atoms with van der Waals surface area (Å²) in [6, 6.07) is 3.44. The van der Waals surface area contributed by atoms with Crippen LogP contribution in [0.25, 0.3) is 0 Å². The minimum atomic E-state index is -4.52. The van der Waals surface area contributed by atoms with Gasteiger partial charge in [-0.15, -0.1) is 0 Å². The van der Waals surface area contributed by atoms with Crippen LogP contribution in [0.3, 0.4) is 0 Å². The zero-order valence-electron chi connectivity index (χ0n) is 19.1. The van der Waals surface area contributed by atoms with Crippen molar-refractivity contribution in [2.75, 3.05) is 25.5 Å². The van der Waals surface area contributed by atoms with Gasteiger partial charge in [0.2, 0.25) is 0 Å². The Kier molecular flexibility index (Phi) is 8.95. The molecule has 0 atom stereocenters. The summed E-state index contributed by atoms with van der Waals surface area (Å²) in [5.41, 5.74) is -1.36. The van der Waals surface area contributed by atoms with Gasteiger partial charge in [0, 0.05) is 18.3 Å². The van der Waals surface area contributed by atoms with Crippen LogP contribution in [0.2, 0.25) is 0 Å². The number of nitrogens with one attached hydrogen (secondary N) is 2. The van der Waals surface area contributed by atoms with Crippen molar-refractivity contribution < 1.29 is 32.2 Å². The molecule has 0 spiro atoms. The van der Waals surface area contributed by atoms with E-state index in [2.05, 4.69) is 15.4 Å². The lowest BCUT2D eigenvalue weighted by Crippen LogP contribution is -2.39. The maximum atomic E-state index is 13.3. The molecule has 32 heavy (non-hydrogen) atoms. The van der Waals surface area contributed by atoms with E-state index < -0.39 is 23.3 Å². The highest BCUT2D eigenvalue weighted by molar-refractivity contribution is 5.90. The lowest BCUT2D eigenvalue weighted by atomic mass is 9.84. The molecular formula is C23H33F3N2O4. The molecule has 0 unspecified atom stereocenters. The highest BCUT2D eigenvalue weighted by Gasteiger charge is 2.34. The van der Waals surface area contributed by atoms with E-state index in [1.165, 1.54) is 13.2 Å². The molecule has 0 saturated heterocycles. The first-order chi connectivity index (χ1) is 14.9. The Bertz CT molecular complexity index is 782. The number of ether oxygens (including phenoxy) is 2. The molecule has 180 valence electrons. The third-order valence-corrected chi connectivity index (χ3v) is 5.42. The monoisotopic (exact) mass is 458 g/mol. The number of hydrogen-bond donors (Lipinski definition) is 2. The second-order valence-corrected chi connectivity index (χ2v) is 9.15. The van der Waals surface area contributed by atoms with Crippen molar-refractivity contribution in [2.45, 2.75) is 70.7 Å². The minimum absolute atomic E-state index is 0.0690. The third kappa shape index (κ3) is 8.33. The summed E-state index contributed by atoms with van der Waals surface area (Å²) >= 11 is 0. The average molecular weight is 459 g/mol. The zero-order valence-corrected chi connectivity index (χ0v) is 19.1. The lowest BCUT2D eigenvalue weighted by Gasteiger charge is -2.29. The number of esters is 2. The number of rotatable bonds is 8. The predicted octanol–water partition coefficient (Wildman–Crippen LogP) is 4.78. The van der Waals surface area contributed by atoms with Crippen molar-refractivity contribution in [3.8, 4) is 0 Å². The van der Waals surface area contributed by atoms with Gasteiger partial charge in [-0.05, 0) is 77.0 Å². The molecule has 0 radical (unpaired) electrons. The lowest BCUT2D eigenvalue weighted by molar-refractivity contribution is -0.153. The molecule has 1 aliphatic rings. The highest BCUT2D eigenvalue weighted by atomic mass is 19.4. The molecule has 2 rings (SSSR count). The standard InChI is InChI=1S/C23H33F3N2O4/c1-22(2,3)32-20(29)14-28-17-8-5-15(6-9-17)11-12-27-19-13-16(21(30)31-4)7-10-18(19)23(24,25)26/h7,10,13,15,17,27-28H,5-6,8-9,11-12,14H2,1-4H3. The van der Waals surface area contributed by atoms with Crippen molar-refractivity contribution >= 4 is 17.6 Å². The predicted molar refractivity (Wildman–Crippen MR) is 115 cm³/mol. The van der Waals surface area contributed by atoms with Gasteiger partial charge in [0.25, 0.3) is 0 Å². The number of alkyl halides is 3. The molecule has 0 amide bonds. The maximum absolute atomic E-state index is 13.3. The second kappa shape index (κ2) is 11.0. The van der Waals surface area contributed by atoms with Crippen LogP contribution >= 0.6 is 0 Å². The van der Waals surface area contributed by atoms with E-state index in [4.69, 9.17) is 4.74 Å². The Morgan fingerprint density at radius 2 is 1.75 bits per heavy atom. The van der Waals surface area contributed by atoms with Gasteiger partial charge in [-0.25, -0.2) is 4.79 Å². The molecule has 9 heteroatoms. The van der Waals surface area contributed by atoms with E-state index in [0.717, 1.165) is 44.2 Å². The smallest absolute Gasteiger partial charge is 0.418 e. The van der Waals surface area contributed by atoms with Gasteiger partial charge in [-0.1, -0.05) is 0 Å². The molecule has 1 aromatic rings. The fourth-order valence-corrected chi connectivity index (χ4v) is 3.85. The van der Waals surface area contributed by atoms with Crippen LogP contribution in [-0.2, 0) is 20.4 Å². The van der Waals surface area contributed by atoms with Crippen molar-refractivity contribution in [1.29, 1.82) is 0 Å². The number of hydrogen-bond acceptors (Lipinski definition) is 6. The fraction of sp³-hybridized carbons (Fsp3) is 0.652. The topological polar surface area (TPSA) is 76.7 Å². The fourth-order valence-electron chi connectivity index (χ4n) is 3.85. The van der Waals surface area contributed by atoms with Crippen LogP contribution in [0.15, 0.2) is 18.2 Å². The molecule has 1 aliphatic carbocycles. The van der Waals surface area contributed by atoms with Crippen LogP contribution in [0.5, 0.6) is 0 Å². The summed E-state index contributed by atoms with van der Waals surface area (Å²) < 4.78 is 49.8. The normalized spacial score (nSPS) is 19.3. The summed E-state index contributed by atoms with van der Waals surface area (Å²) in [7, 11) is 1.19. The molecule has 6 nitrogen and oxygen atoms in total. The van der Waals surface area contributed by atoms with E-state index in [-0.39, 0.29) is 29.8 Å². The quantitative estimate of drug-likeness (QED) is 0.546. The first kappa shape index (κ1) is 26.0. The number of halogens is 3. The largest absolute Gasteiger partial charge is 0.465 e. The molecule has 0 aliphatic heterocycles. The summed E-state index contributed by atoms with van der Waals surface area (Å²) in [5.74, 6) is -0.572. The van der Waals surface area contributed by atoms with E-state index >= 15 is 0 Å². The third-order valence-electron chi connectivity index (χ3n) is 5.42. The van der Waals surface area contributed by atoms with Gasteiger partial charge in [0.15, 0.2) is 0 Å². The van der Waals surface area contributed by atoms with Gasteiger partial charge in [-0.3, -0.25) is 4.79 Å². The first-order valence-electron chi connectivity index (χ1n) is 10.9. The van der Waals surface area contributed by atoms with Crippen LogP contribution in [0.1, 0.15) is 68.8 Å². The molecule has 1 fully saturated rings. The van der Waals surface area contributed by atoms with Gasteiger partial charge in [0.1, 0.15) is 5.60 Å². The molecule has 0 heterocycles. The molecule has 0 aromatic heterocycles. The number of carbonyl (C=O) groups is 2. The minimum Gasteiger partial charge on any atom is -0.465 e. The van der Waals surface area contributed by atoms with Crippen molar-refractivity contribution in [1.82, 2.24) is 5.32 Å². The highest BCUT2D eigenvalue weighted by Crippen LogP contribution is 2.36. The first-order valence-corrected chi connectivity index (χ1v) is 10.9. The zero-order chi connectivity index (χ0) is 23.9. The van der Waals surface area contributed by atoms with Gasteiger partial charge in [-0.2, -0.15) is 13.2 Å². The number of anilines is 1. The number of benzene rings is 1. The van der Waals surface area contributed by atoms with E-state index in [1.54, 1.807) is 0 Å². The molecule has 1 aromatic carbocycles. The van der Waals surface area contributed by atoms with Gasteiger partial charge in [0.05, 0.1) is 24.8 Å². The SMILES string of the molecule is COC(=O)c1ccc(C(F)(F)F)c(NCCC2CCC(NCC(=O)OC(C)(C)C)CC2)c1. The Hall–Kier alpha value is -2.29. The Morgan fingerprint density at radius 1 is 1.09 bits per heavy atom. The van der Waals surface area contributed by atoms with Gasteiger partial charge >= 0.3 is 18.1 Å². The van der Waals surface area contributed by atoms with Crippen molar-refractivity contribution in [3.63, 3.8) is 0 Å². The average Bonchev–Trinajstić information content (AvgIpc) is 2.70. The summed E-state index contributed by atoms with van der Waals surface area (Å²) in [4.78, 5) is 23.5. The van der Waals surface area contributed by atoms with Crippen LogP contribution in [-0.4, -0.2) is 43.8 Å². The Labute approximate surface area is 187 Å². The van der Waals surface area contributed by atoms with E-state index in [0.29, 0.717) is 12.5 Å². The van der Waals surface area contributed by atoms with Crippen molar-refractivity contribution in [2.24, 2.45) is 5.92 Å².